The van der Waals surface area contributed by atoms with Crippen LogP contribution in [0.25, 0.3) is 0 Å². The Kier molecular flexibility index (Phi) is 8.38. The Labute approximate surface area is 211 Å². The molecule has 0 bridgehead atoms. The molecule has 1 aromatic carbocycles. The van der Waals surface area contributed by atoms with Gasteiger partial charge in [-0.25, -0.2) is 0 Å². The number of nitrogens with zero attached hydrogens (tertiary/aromatic N) is 1. The van der Waals surface area contributed by atoms with Gasteiger partial charge in [-0.05, 0) is 44.1 Å². The van der Waals surface area contributed by atoms with Crippen molar-refractivity contribution in [3.8, 4) is 0 Å². The monoisotopic (exact) mass is 496 g/mol. The van der Waals surface area contributed by atoms with Gasteiger partial charge >= 0.3 is 0 Å². The maximum Gasteiger partial charge on any atom is 0.246 e. The summed E-state index contributed by atoms with van der Waals surface area (Å²) in [6, 6.07) is 7.07. The fourth-order valence-electron chi connectivity index (χ4n) is 5.68. The molecule has 1 aromatic rings. The van der Waals surface area contributed by atoms with E-state index in [1.165, 1.54) is 0 Å². The minimum atomic E-state index is -1.14. The lowest BCUT2D eigenvalue weighted by Gasteiger charge is -2.40. The van der Waals surface area contributed by atoms with Crippen molar-refractivity contribution in [3.63, 3.8) is 0 Å². The molecular weight excluding hydrogens is 460 g/mol. The summed E-state index contributed by atoms with van der Waals surface area (Å²) >= 11 is 0. The topological polar surface area (TPSA) is 125 Å². The first kappa shape index (κ1) is 25.9. The van der Waals surface area contributed by atoms with Gasteiger partial charge < -0.3 is 25.6 Å². The summed E-state index contributed by atoms with van der Waals surface area (Å²) in [5, 5.41) is 8.81. The summed E-state index contributed by atoms with van der Waals surface area (Å²) < 4.78 is 0. The molecule has 3 atom stereocenters. The molecule has 194 valence electrons. The molecule has 3 fully saturated rings. The highest BCUT2D eigenvalue weighted by molar-refractivity contribution is 5.99. The Morgan fingerprint density at radius 3 is 2.39 bits per heavy atom. The van der Waals surface area contributed by atoms with E-state index in [4.69, 9.17) is 0 Å². The molecule has 1 aliphatic carbocycles. The lowest BCUT2D eigenvalue weighted by molar-refractivity contribution is -0.145. The molecule has 36 heavy (non-hydrogen) atoms. The number of aldehydes is 1. The van der Waals surface area contributed by atoms with Crippen LogP contribution in [0.15, 0.2) is 30.3 Å². The van der Waals surface area contributed by atoms with Crippen molar-refractivity contribution in [2.24, 2.45) is 0 Å². The van der Waals surface area contributed by atoms with E-state index in [1.54, 1.807) is 4.90 Å². The van der Waals surface area contributed by atoms with E-state index < -0.39 is 29.6 Å². The Morgan fingerprint density at radius 2 is 1.67 bits per heavy atom. The van der Waals surface area contributed by atoms with Crippen LogP contribution in [-0.4, -0.2) is 65.0 Å². The van der Waals surface area contributed by atoms with E-state index in [-0.39, 0.29) is 30.6 Å². The molecule has 2 aliphatic heterocycles. The van der Waals surface area contributed by atoms with E-state index in [0.29, 0.717) is 45.1 Å². The van der Waals surface area contributed by atoms with Crippen LogP contribution in [0.4, 0.5) is 0 Å². The van der Waals surface area contributed by atoms with Gasteiger partial charge in [0.2, 0.25) is 23.6 Å². The van der Waals surface area contributed by atoms with Gasteiger partial charge in [-0.2, -0.15) is 0 Å². The predicted molar refractivity (Wildman–Crippen MR) is 133 cm³/mol. The van der Waals surface area contributed by atoms with Gasteiger partial charge in [0, 0.05) is 19.4 Å². The maximum absolute atomic E-state index is 13.8. The molecular formula is C27H36N4O5. The quantitative estimate of drug-likeness (QED) is 0.406. The SMILES string of the molecule is O=CCCC[C@@H]1NC(=O)[C@H]2CCCN2C(=O)[C@H](Cc2ccccc2)NC(=O)C2(CCCCC2)NC1=O. The van der Waals surface area contributed by atoms with Crippen molar-refractivity contribution < 1.29 is 24.0 Å². The van der Waals surface area contributed by atoms with Gasteiger partial charge in [0.05, 0.1) is 0 Å². The standard InChI is InChI=1S/C27H36N4O5/c32-17-8-5-12-20-23(33)30-27(14-6-2-7-15-27)26(36)29-21(18-19-10-3-1-4-11-19)25(35)31-16-9-13-22(31)24(34)28-20/h1,3-4,10-11,17,20-22H,2,5-9,12-16,18H2,(H,28,34)(H,29,36)(H,30,33)/t20-,21-,22+/m0/s1. The number of unbranched alkanes of at least 4 members (excludes halogenated alkanes) is 1. The normalized spacial score (nSPS) is 26.8. The van der Waals surface area contributed by atoms with Crippen LogP contribution < -0.4 is 16.0 Å². The second-order valence-electron chi connectivity index (χ2n) is 10.2. The van der Waals surface area contributed by atoms with Crippen molar-refractivity contribution in [2.75, 3.05) is 6.54 Å². The minimum absolute atomic E-state index is 0.278. The van der Waals surface area contributed by atoms with Gasteiger partial charge in [-0.3, -0.25) is 19.2 Å². The highest BCUT2D eigenvalue weighted by Crippen LogP contribution is 2.30. The third-order valence-electron chi connectivity index (χ3n) is 7.68. The number of amides is 4. The van der Waals surface area contributed by atoms with Gasteiger partial charge in [-0.15, -0.1) is 0 Å². The van der Waals surface area contributed by atoms with Gasteiger partial charge in [0.1, 0.15) is 30.0 Å². The Morgan fingerprint density at radius 1 is 0.917 bits per heavy atom. The molecule has 2 heterocycles. The molecule has 0 aromatic heterocycles. The second-order valence-corrected chi connectivity index (χ2v) is 10.2. The van der Waals surface area contributed by atoms with Crippen LogP contribution in [0.2, 0.25) is 0 Å². The summed E-state index contributed by atoms with van der Waals surface area (Å²) in [6.07, 6.45) is 6.71. The second kappa shape index (κ2) is 11.7. The molecule has 2 saturated heterocycles. The van der Waals surface area contributed by atoms with Crippen LogP contribution in [0.5, 0.6) is 0 Å². The summed E-state index contributed by atoms with van der Waals surface area (Å²) in [4.78, 5) is 66.7. The van der Waals surface area contributed by atoms with Crippen LogP contribution in [-0.2, 0) is 30.4 Å². The minimum Gasteiger partial charge on any atom is -0.343 e. The maximum atomic E-state index is 13.8. The third kappa shape index (κ3) is 5.77. The molecule has 1 spiro atoms. The molecule has 0 radical (unpaired) electrons. The van der Waals surface area contributed by atoms with Gasteiger partial charge in [0.25, 0.3) is 0 Å². The van der Waals surface area contributed by atoms with Crippen LogP contribution in [0, 0.1) is 0 Å². The van der Waals surface area contributed by atoms with E-state index in [2.05, 4.69) is 16.0 Å². The fourth-order valence-corrected chi connectivity index (χ4v) is 5.68. The summed E-state index contributed by atoms with van der Waals surface area (Å²) in [5.74, 6) is -1.41. The largest absolute Gasteiger partial charge is 0.343 e. The number of rotatable bonds is 6. The lowest BCUT2D eigenvalue weighted by atomic mass is 9.80. The Bertz CT molecular complexity index is 976. The molecule has 4 amide bonds. The Hall–Kier alpha value is -3.23. The zero-order valence-corrected chi connectivity index (χ0v) is 20.7. The number of hydrogen-bond acceptors (Lipinski definition) is 5. The van der Waals surface area contributed by atoms with Crippen molar-refractivity contribution in [3.05, 3.63) is 35.9 Å². The number of carbonyl (C=O) groups is 5. The number of hydrogen-bond donors (Lipinski definition) is 3. The van der Waals surface area contributed by atoms with E-state index in [1.807, 2.05) is 30.3 Å². The molecule has 0 unspecified atom stereocenters. The van der Waals surface area contributed by atoms with Crippen LogP contribution in [0.3, 0.4) is 0 Å². The Balaban J connectivity index is 1.68. The van der Waals surface area contributed by atoms with E-state index >= 15 is 0 Å². The van der Waals surface area contributed by atoms with Crippen molar-refractivity contribution in [2.45, 2.75) is 94.3 Å². The number of carbonyl (C=O) groups excluding carboxylic acids is 5. The van der Waals surface area contributed by atoms with Crippen molar-refractivity contribution >= 4 is 29.9 Å². The average Bonchev–Trinajstić information content (AvgIpc) is 3.38. The smallest absolute Gasteiger partial charge is 0.246 e. The molecule has 1 saturated carbocycles. The van der Waals surface area contributed by atoms with E-state index in [9.17, 15) is 24.0 Å². The average molecular weight is 497 g/mol. The third-order valence-corrected chi connectivity index (χ3v) is 7.68. The zero-order valence-electron chi connectivity index (χ0n) is 20.7. The molecule has 3 N–H and O–H groups in total. The summed E-state index contributed by atoms with van der Waals surface area (Å²) in [6.45, 7) is 0.422. The molecule has 9 nitrogen and oxygen atoms in total. The van der Waals surface area contributed by atoms with Crippen molar-refractivity contribution in [1.82, 2.24) is 20.9 Å². The van der Waals surface area contributed by atoms with E-state index in [0.717, 1.165) is 31.1 Å². The number of nitrogens with one attached hydrogen (secondary N) is 3. The van der Waals surface area contributed by atoms with Gasteiger partial charge in [0.15, 0.2) is 0 Å². The first-order valence-electron chi connectivity index (χ1n) is 13.1. The predicted octanol–water partition coefficient (Wildman–Crippen LogP) is 1.39. The molecule has 4 rings (SSSR count). The number of benzene rings is 1. The number of fused-ring (bicyclic) bond motifs is 1. The zero-order chi connectivity index (χ0) is 25.5. The lowest BCUT2D eigenvalue weighted by Crippen LogP contribution is -2.67. The van der Waals surface area contributed by atoms with Crippen LogP contribution >= 0.6 is 0 Å². The molecule has 9 heteroatoms. The summed E-state index contributed by atoms with van der Waals surface area (Å²) in [7, 11) is 0. The van der Waals surface area contributed by atoms with Crippen molar-refractivity contribution in [1.29, 1.82) is 0 Å². The first-order chi connectivity index (χ1) is 17.4. The summed E-state index contributed by atoms with van der Waals surface area (Å²) in [5.41, 5.74) is -0.234. The van der Waals surface area contributed by atoms with Gasteiger partial charge in [-0.1, -0.05) is 49.6 Å². The highest BCUT2D eigenvalue weighted by atomic mass is 16.2. The van der Waals surface area contributed by atoms with Crippen LogP contribution in [0.1, 0.15) is 69.8 Å². The highest BCUT2D eigenvalue weighted by Gasteiger charge is 2.46. The molecule has 3 aliphatic rings. The first-order valence-corrected chi connectivity index (χ1v) is 13.1. The fraction of sp³-hybridized carbons (Fsp3) is 0.593.